The standard InChI is InChI=1S/C11H14FNO/c12-10-5-4-6-11(9-10)14-8-3-1-2-7-13/h1-2,4-6,9H,3,7-8,13H2/b2-1+. The fourth-order valence-corrected chi connectivity index (χ4v) is 1.02. The van der Waals surface area contributed by atoms with Crippen LogP contribution < -0.4 is 10.5 Å². The van der Waals surface area contributed by atoms with Gasteiger partial charge in [0, 0.05) is 12.6 Å². The lowest BCUT2D eigenvalue weighted by molar-refractivity contribution is 0.323. The number of ether oxygens (including phenoxy) is 1. The van der Waals surface area contributed by atoms with Gasteiger partial charge in [0.1, 0.15) is 11.6 Å². The second-order valence-corrected chi connectivity index (χ2v) is 2.80. The van der Waals surface area contributed by atoms with E-state index in [2.05, 4.69) is 0 Å². The van der Waals surface area contributed by atoms with E-state index in [4.69, 9.17) is 10.5 Å². The lowest BCUT2D eigenvalue weighted by atomic mass is 10.3. The predicted molar refractivity (Wildman–Crippen MR) is 54.7 cm³/mol. The molecule has 14 heavy (non-hydrogen) atoms. The zero-order valence-corrected chi connectivity index (χ0v) is 7.95. The summed E-state index contributed by atoms with van der Waals surface area (Å²) in [6.45, 7) is 1.08. The van der Waals surface area contributed by atoms with E-state index in [1.165, 1.54) is 12.1 Å². The summed E-state index contributed by atoms with van der Waals surface area (Å²) in [5.41, 5.74) is 5.26. The summed E-state index contributed by atoms with van der Waals surface area (Å²) < 4.78 is 18.0. The van der Waals surface area contributed by atoms with Gasteiger partial charge in [-0.2, -0.15) is 0 Å². The van der Waals surface area contributed by atoms with Gasteiger partial charge in [-0.05, 0) is 18.6 Å². The minimum Gasteiger partial charge on any atom is -0.493 e. The highest BCUT2D eigenvalue weighted by Crippen LogP contribution is 2.11. The van der Waals surface area contributed by atoms with Crippen LogP contribution in [0.15, 0.2) is 36.4 Å². The molecule has 0 saturated carbocycles. The zero-order chi connectivity index (χ0) is 10.2. The third-order valence-corrected chi connectivity index (χ3v) is 1.65. The third-order valence-electron chi connectivity index (χ3n) is 1.65. The van der Waals surface area contributed by atoms with Gasteiger partial charge in [0.25, 0.3) is 0 Å². The first-order valence-corrected chi connectivity index (χ1v) is 4.56. The molecule has 0 saturated heterocycles. The largest absolute Gasteiger partial charge is 0.493 e. The minimum atomic E-state index is -0.278. The highest BCUT2D eigenvalue weighted by atomic mass is 19.1. The van der Waals surface area contributed by atoms with E-state index in [-0.39, 0.29) is 5.82 Å². The average molecular weight is 195 g/mol. The lowest BCUT2D eigenvalue weighted by Gasteiger charge is -2.03. The summed E-state index contributed by atoms with van der Waals surface area (Å²) in [6.07, 6.45) is 4.60. The molecule has 0 heterocycles. The summed E-state index contributed by atoms with van der Waals surface area (Å²) in [7, 11) is 0. The first-order valence-electron chi connectivity index (χ1n) is 4.56. The molecule has 0 amide bonds. The smallest absolute Gasteiger partial charge is 0.126 e. The molecule has 0 bridgehead atoms. The number of hydrogen-bond donors (Lipinski definition) is 1. The van der Waals surface area contributed by atoms with E-state index in [1.54, 1.807) is 12.1 Å². The number of benzene rings is 1. The molecule has 0 aliphatic carbocycles. The molecule has 1 rings (SSSR count). The Labute approximate surface area is 83.2 Å². The summed E-state index contributed by atoms with van der Waals surface area (Å²) in [6, 6.07) is 6.12. The number of halogens is 1. The van der Waals surface area contributed by atoms with Gasteiger partial charge in [0.05, 0.1) is 6.61 Å². The van der Waals surface area contributed by atoms with Crippen LogP contribution in [0.25, 0.3) is 0 Å². The van der Waals surface area contributed by atoms with Crippen LogP contribution in [-0.4, -0.2) is 13.2 Å². The molecule has 3 heteroatoms. The highest BCUT2D eigenvalue weighted by Gasteiger charge is 1.93. The second-order valence-electron chi connectivity index (χ2n) is 2.80. The van der Waals surface area contributed by atoms with Crippen LogP contribution in [0.4, 0.5) is 4.39 Å². The molecule has 2 nitrogen and oxygen atoms in total. The predicted octanol–water partition coefficient (Wildman–Crippen LogP) is 2.11. The maximum atomic E-state index is 12.7. The highest BCUT2D eigenvalue weighted by molar-refractivity contribution is 5.22. The fourth-order valence-electron chi connectivity index (χ4n) is 1.02. The molecule has 2 N–H and O–H groups in total. The van der Waals surface area contributed by atoms with E-state index in [9.17, 15) is 4.39 Å². The Bertz CT molecular complexity index is 299. The Hall–Kier alpha value is -1.35. The van der Waals surface area contributed by atoms with Gasteiger partial charge >= 0.3 is 0 Å². The van der Waals surface area contributed by atoms with E-state index < -0.39 is 0 Å². The van der Waals surface area contributed by atoms with E-state index in [0.29, 0.717) is 18.9 Å². The van der Waals surface area contributed by atoms with Crippen molar-refractivity contribution in [1.29, 1.82) is 0 Å². The van der Waals surface area contributed by atoms with E-state index in [1.807, 2.05) is 12.2 Å². The van der Waals surface area contributed by atoms with Gasteiger partial charge in [-0.25, -0.2) is 4.39 Å². The molecule has 0 radical (unpaired) electrons. The molecular formula is C11H14FNO. The molecule has 1 aromatic rings. The Morgan fingerprint density at radius 1 is 1.36 bits per heavy atom. The molecule has 0 aliphatic heterocycles. The SMILES string of the molecule is NC/C=C/CCOc1cccc(F)c1. The average Bonchev–Trinajstić information content (AvgIpc) is 2.18. The molecule has 0 spiro atoms. The molecule has 76 valence electrons. The van der Waals surface area contributed by atoms with Crippen molar-refractivity contribution in [2.45, 2.75) is 6.42 Å². The number of hydrogen-bond acceptors (Lipinski definition) is 2. The summed E-state index contributed by atoms with van der Waals surface area (Å²) in [5, 5.41) is 0. The molecular weight excluding hydrogens is 181 g/mol. The van der Waals surface area contributed by atoms with Crippen LogP contribution in [0.5, 0.6) is 5.75 Å². The van der Waals surface area contributed by atoms with Crippen molar-refractivity contribution in [3.8, 4) is 5.75 Å². The third kappa shape index (κ3) is 4.05. The Morgan fingerprint density at radius 2 is 2.21 bits per heavy atom. The van der Waals surface area contributed by atoms with Gasteiger partial charge in [-0.15, -0.1) is 0 Å². The molecule has 0 unspecified atom stereocenters. The molecule has 0 aliphatic rings. The van der Waals surface area contributed by atoms with Crippen molar-refractivity contribution in [1.82, 2.24) is 0 Å². The lowest BCUT2D eigenvalue weighted by Crippen LogP contribution is -1.97. The van der Waals surface area contributed by atoms with Gasteiger partial charge in [0.2, 0.25) is 0 Å². The molecule has 1 aromatic carbocycles. The van der Waals surface area contributed by atoms with Gasteiger partial charge < -0.3 is 10.5 Å². The fraction of sp³-hybridized carbons (Fsp3) is 0.273. The normalized spacial score (nSPS) is 10.7. The molecule has 0 fully saturated rings. The van der Waals surface area contributed by atoms with Gasteiger partial charge in [-0.3, -0.25) is 0 Å². The van der Waals surface area contributed by atoms with Crippen LogP contribution in [0.3, 0.4) is 0 Å². The monoisotopic (exact) mass is 195 g/mol. The van der Waals surface area contributed by atoms with Crippen LogP contribution in [0.2, 0.25) is 0 Å². The topological polar surface area (TPSA) is 35.2 Å². The van der Waals surface area contributed by atoms with Crippen molar-refractivity contribution >= 4 is 0 Å². The Kier molecular flexibility index (Phi) is 4.72. The van der Waals surface area contributed by atoms with E-state index >= 15 is 0 Å². The zero-order valence-electron chi connectivity index (χ0n) is 7.95. The van der Waals surface area contributed by atoms with Gasteiger partial charge in [-0.1, -0.05) is 18.2 Å². The van der Waals surface area contributed by atoms with Crippen molar-refractivity contribution in [3.63, 3.8) is 0 Å². The van der Waals surface area contributed by atoms with Crippen LogP contribution >= 0.6 is 0 Å². The van der Waals surface area contributed by atoms with Crippen LogP contribution in [-0.2, 0) is 0 Å². The Morgan fingerprint density at radius 3 is 2.93 bits per heavy atom. The maximum Gasteiger partial charge on any atom is 0.126 e. The maximum absolute atomic E-state index is 12.7. The van der Waals surface area contributed by atoms with Crippen molar-refractivity contribution in [3.05, 3.63) is 42.2 Å². The van der Waals surface area contributed by atoms with Gasteiger partial charge in [0.15, 0.2) is 0 Å². The first-order chi connectivity index (χ1) is 6.83. The molecule has 0 aromatic heterocycles. The first kappa shape index (κ1) is 10.7. The summed E-state index contributed by atoms with van der Waals surface area (Å²) in [4.78, 5) is 0. The van der Waals surface area contributed by atoms with Crippen molar-refractivity contribution in [2.24, 2.45) is 5.73 Å². The summed E-state index contributed by atoms with van der Waals surface area (Å²) >= 11 is 0. The van der Waals surface area contributed by atoms with Crippen LogP contribution in [0.1, 0.15) is 6.42 Å². The minimum absolute atomic E-state index is 0.278. The number of nitrogens with two attached hydrogens (primary N) is 1. The molecule has 0 atom stereocenters. The second kappa shape index (κ2) is 6.16. The van der Waals surface area contributed by atoms with Crippen molar-refractivity contribution in [2.75, 3.05) is 13.2 Å². The summed E-state index contributed by atoms with van der Waals surface area (Å²) in [5.74, 6) is 0.283. The van der Waals surface area contributed by atoms with Crippen LogP contribution in [0, 0.1) is 5.82 Å². The quantitative estimate of drug-likeness (QED) is 0.577. The Balaban J connectivity index is 2.28. The van der Waals surface area contributed by atoms with E-state index in [0.717, 1.165) is 6.42 Å². The van der Waals surface area contributed by atoms with Crippen molar-refractivity contribution < 1.29 is 9.13 Å². The number of rotatable bonds is 5.